The highest BCUT2D eigenvalue weighted by Crippen LogP contribution is 2.16. The van der Waals surface area contributed by atoms with Gasteiger partial charge in [-0.2, -0.15) is 0 Å². The molecule has 0 bridgehead atoms. The molecular weight excluding hydrogens is 324 g/mol. The third kappa shape index (κ3) is 5.68. The predicted octanol–water partition coefficient (Wildman–Crippen LogP) is 3.12. The maximum Gasteiger partial charge on any atom is 0.220 e. The summed E-state index contributed by atoms with van der Waals surface area (Å²) in [4.78, 5) is 14.9. The normalized spacial score (nSPS) is 16.2. The number of nitrogens with one attached hydrogen (secondary N) is 1. The summed E-state index contributed by atoms with van der Waals surface area (Å²) in [5, 5.41) is 3.24. The van der Waals surface area contributed by atoms with Gasteiger partial charge in [-0.05, 0) is 24.5 Å². The summed E-state index contributed by atoms with van der Waals surface area (Å²) in [6.45, 7) is 6.27. The van der Waals surface area contributed by atoms with Gasteiger partial charge in [-0.25, -0.2) is 0 Å². The van der Waals surface area contributed by atoms with Crippen LogP contribution in [0.1, 0.15) is 29.2 Å². The van der Waals surface area contributed by atoms with E-state index in [9.17, 15) is 4.79 Å². The van der Waals surface area contributed by atoms with Crippen LogP contribution in [0.3, 0.4) is 0 Å². The molecule has 1 unspecified atom stereocenters. The van der Waals surface area contributed by atoms with Crippen molar-refractivity contribution in [1.82, 2.24) is 10.2 Å². The number of carbonyl (C=O) groups is 1. The van der Waals surface area contributed by atoms with Crippen molar-refractivity contribution in [3.63, 3.8) is 0 Å². The molecule has 1 aliphatic rings. The second-order valence-electron chi connectivity index (χ2n) is 6.93. The molecule has 26 heavy (non-hydrogen) atoms. The molecule has 2 aromatic carbocycles. The van der Waals surface area contributed by atoms with Crippen LogP contribution >= 0.6 is 0 Å². The Bertz CT molecular complexity index is 679. The van der Waals surface area contributed by atoms with Crippen LogP contribution in [0.2, 0.25) is 0 Å². The number of aryl methyl sites for hydroxylation is 2. The molecule has 1 N–H and O–H groups in total. The van der Waals surface area contributed by atoms with E-state index in [0.717, 1.165) is 44.8 Å². The molecule has 4 heteroatoms. The smallest absolute Gasteiger partial charge is 0.220 e. The number of hydrogen-bond donors (Lipinski definition) is 1. The first-order chi connectivity index (χ1) is 12.7. The molecule has 4 nitrogen and oxygen atoms in total. The molecule has 1 fully saturated rings. The largest absolute Gasteiger partial charge is 0.379 e. The van der Waals surface area contributed by atoms with Crippen LogP contribution in [0.5, 0.6) is 0 Å². The lowest BCUT2D eigenvalue weighted by molar-refractivity contribution is -0.122. The number of ether oxygens (including phenoxy) is 1. The minimum atomic E-state index is 0.0137. The summed E-state index contributed by atoms with van der Waals surface area (Å²) in [6.07, 6.45) is 1.28. The molecule has 0 saturated carbocycles. The molecule has 1 heterocycles. The van der Waals surface area contributed by atoms with E-state index < -0.39 is 0 Å². The van der Waals surface area contributed by atoms with Crippen LogP contribution in [0.4, 0.5) is 0 Å². The summed E-state index contributed by atoms with van der Waals surface area (Å²) in [6, 6.07) is 18.7. The first kappa shape index (κ1) is 18.6. The molecule has 138 valence electrons. The molecule has 1 atom stereocenters. The monoisotopic (exact) mass is 352 g/mol. The van der Waals surface area contributed by atoms with Crippen LogP contribution in [0, 0.1) is 6.92 Å². The molecule has 2 aromatic rings. The maximum atomic E-state index is 12.6. The van der Waals surface area contributed by atoms with Crippen molar-refractivity contribution in [3.8, 4) is 0 Å². The van der Waals surface area contributed by atoms with Gasteiger partial charge in [-0.15, -0.1) is 0 Å². The van der Waals surface area contributed by atoms with Gasteiger partial charge in [-0.3, -0.25) is 9.69 Å². The Hall–Kier alpha value is -2.17. The summed E-state index contributed by atoms with van der Waals surface area (Å²) >= 11 is 0. The molecular formula is C22H28N2O2. The number of benzene rings is 2. The zero-order valence-corrected chi connectivity index (χ0v) is 15.5. The minimum Gasteiger partial charge on any atom is -0.379 e. The second kappa shape index (κ2) is 9.51. The van der Waals surface area contributed by atoms with Crippen molar-refractivity contribution in [3.05, 3.63) is 71.3 Å². The van der Waals surface area contributed by atoms with Crippen molar-refractivity contribution in [2.75, 3.05) is 32.8 Å². The Morgan fingerprint density at radius 1 is 1.08 bits per heavy atom. The average molecular weight is 352 g/mol. The van der Waals surface area contributed by atoms with Crippen molar-refractivity contribution in [2.45, 2.75) is 25.8 Å². The van der Waals surface area contributed by atoms with Gasteiger partial charge in [-0.1, -0.05) is 60.2 Å². The van der Waals surface area contributed by atoms with E-state index in [1.54, 1.807) is 0 Å². The fourth-order valence-electron chi connectivity index (χ4n) is 3.24. The van der Waals surface area contributed by atoms with Crippen LogP contribution < -0.4 is 5.32 Å². The average Bonchev–Trinajstić information content (AvgIpc) is 2.68. The molecule has 1 amide bonds. The summed E-state index contributed by atoms with van der Waals surface area (Å²) < 4.78 is 5.43. The maximum absolute atomic E-state index is 12.6. The third-order valence-corrected chi connectivity index (χ3v) is 4.84. The van der Waals surface area contributed by atoms with Crippen LogP contribution in [0.25, 0.3) is 0 Å². The van der Waals surface area contributed by atoms with E-state index >= 15 is 0 Å². The summed E-state index contributed by atoms with van der Waals surface area (Å²) in [5.41, 5.74) is 3.60. The van der Waals surface area contributed by atoms with E-state index in [0.29, 0.717) is 6.42 Å². The van der Waals surface area contributed by atoms with Crippen molar-refractivity contribution >= 4 is 5.91 Å². The summed E-state index contributed by atoms with van der Waals surface area (Å²) in [5.74, 6) is 0.104. The zero-order chi connectivity index (χ0) is 18.2. The number of amides is 1. The molecule has 0 radical (unpaired) electrons. The van der Waals surface area contributed by atoms with Crippen LogP contribution in [0.15, 0.2) is 54.6 Å². The van der Waals surface area contributed by atoms with Crippen LogP contribution in [-0.2, 0) is 16.0 Å². The van der Waals surface area contributed by atoms with E-state index in [1.165, 1.54) is 11.1 Å². The predicted molar refractivity (Wildman–Crippen MR) is 104 cm³/mol. The van der Waals surface area contributed by atoms with E-state index in [-0.39, 0.29) is 11.9 Å². The fraction of sp³-hybridized carbons (Fsp3) is 0.409. The van der Waals surface area contributed by atoms with E-state index in [1.807, 2.05) is 18.2 Å². The molecule has 0 aliphatic carbocycles. The third-order valence-electron chi connectivity index (χ3n) is 4.84. The lowest BCUT2D eigenvalue weighted by Crippen LogP contribution is -2.43. The second-order valence-corrected chi connectivity index (χ2v) is 6.93. The van der Waals surface area contributed by atoms with E-state index in [4.69, 9.17) is 4.74 Å². The van der Waals surface area contributed by atoms with E-state index in [2.05, 4.69) is 53.5 Å². The SMILES string of the molecule is Cc1ccc(CCC(=O)NC(CN2CCOCC2)c2ccccc2)cc1. The molecule has 0 aromatic heterocycles. The highest BCUT2D eigenvalue weighted by molar-refractivity contribution is 5.76. The van der Waals surface area contributed by atoms with Gasteiger partial charge < -0.3 is 10.1 Å². The van der Waals surface area contributed by atoms with Gasteiger partial charge in [0.05, 0.1) is 19.3 Å². The fourth-order valence-corrected chi connectivity index (χ4v) is 3.24. The van der Waals surface area contributed by atoms with Gasteiger partial charge in [0.2, 0.25) is 5.91 Å². The van der Waals surface area contributed by atoms with Crippen molar-refractivity contribution in [1.29, 1.82) is 0 Å². The van der Waals surface area contributed by atoms with Gasteiger partial charge in [0.25, 0.3) is 0 Å². The highest BCUT2D eigenvalue weighted by Gasteiger charge is 2.20. The first-order valence-corrected chi connectivity index (χ1v) is 9.40. The van der Waals surface area contributed by atoms with Crippen molar-refractivity contribution < 1.29 is 9.53 Å². The zero-order valence-electron chi connectivity index (χ0n) is 15.5. The lowest BCUT2D eigenvalue weighted by atomic mass is 10.0. The van der Waals surface area contributed by atoms with Gasteiger partial charge in [0.15, 0.2) is 0 Å². The molecule has 0 spiro atoms. The number of rotatable bonds is 7. The molecule has 1 aliphatic heterocycles. The standard InChI is InChI=1S/C22H28N2O2/c1-18-7-9-19(10-8-18)11-12-22(25)23-21(20-5-3-2-4-6-20)17-24-13-15-26-16-14-24/h2-10,21H,11-17H2,1H3,(H,23,25). The lowest BCUT2D eigenvalue weighted by Gasteiger charge is -2.31. The number of hydrogen-bond acceptors (Lipinski definition) is 3. The number of carbonyl (C=O) groups excluding carboxylic acids is 1. The Kier molecular flexibility index (Phi) is 6.81. The quantitative estimate of drug-likeness (QED) is 0.832. The Morgan fingerprint density at radius 2 is 1.77 bits per heavy atom. The Morgan fingerprint density at radius 3 is 2.46 bits per heavy atom. The topological polar surface area (TPSA) is 41.6 Å². The Balaban J connectivity index is 1.58. The summed E-state index contributed by atoms with van der Waals surface area (Å²) in [7, 11) is 0. The van der Waals surface area contributed by atoms with Gasteiger partial charge in [0.1, 0.15) is 0 Å². The highest BCUT2D eigenvalue weighted by atomic mass is 16.5. The molecule has 3 rings (SSSR count). The van der Waals surface area contributed by atoms with Gasteiger partial charge >= 0.3 is 0 Å². The van der Waals surface area contributed by atoms with Crippen molar-refractivity contribution in [2.24, 2.45) is 0 Å². The number of morpholine rings is 1. The molecule has 1 saturated heterocycles. The number of nitrogens with zero attached hydrogens (tertiary/aromatic N) is 1. The van der Waals surface area contributed by atoms with Crippen LogP contribution in [-0.4, -0.2) is 43.7 Å². The first-order valence-electron chi connectivity index (χ1n) is 9.40. The Labute approximate surface area is 156 Å². The van der Waals surface area contributed by atoms with Gasteiger partial charge in [0, 0.05) is 26.1 Å². The minimum absolute atomic E-state index is 0.0137.